The van der Waals surface area contributed by atoms with E-state index in [-0.39, 0.29) is 15.9 Å². The molecule has 0 amide bonds. The van der Waals surface area contributed by atoms with E-state index >= 15 is 0 Å². The van der Waals surface area contributed by atoms with Gasteiger partial charge in [0.2, 0.25) is 5.88 Å². The van der Waals surface area contributed by atoms with Crippen LogP contribution in [-0.2, 0) is 9.53 Å². The third-order valence-electron chi connectivity index (χ3n) is 2.40. The Labute approximate surface area is 119 Å². The smallest absolute Gasteiger partial charge is 0.331 e. The molecule has 1 unspecified atom stereocenters. The van der Waals surface area contributed by atoms with Crippen LogP contribution in [0.2, 0.25) is 0 Å². The number of methoxy groups -OCH3 is 1. The quantitative estimate of drug-likeness (QED) is 0.464. The number of aromatic hydroxyl groups is 1. The lowest BCUT2D eigenvalue weighted by molar-refractivity contribution is -0.141. The SMILES string of the molecule is CCCNC(C(=O)OC)C(=O)c1cnc(O)c(Br)c1. The summed E-state index contributed by atoms with van der Waals surface area (Å²) in [6.07, 6.45) is 1.99. The lowest BCUT2D eigenvalue weighted by Gasteiger charge is -2.15. The number of nitrogens with one attached hydrogen (secondary N) is 1. The standard InChI is InChI=1S/C12H15BrN2O4/c1-3-4-14-9(12(18)19-2)10(16)7-5-8(13)11(17)15-6-7/h5-6,9,14H,3-4H2,1-2H3,(H,15,17). The molecule has 1 rings (SSSR count). The van der Waals surface area contributed by atoms with Crippen LogP contribution >= 0.6 is 15.9 Å². The van der Waals surface area contributed by atoms with Gasteiger partial charge in [-0.25, -0.2) is 9.78 Å². The fourth-order valence-corrected chi connectivity index (χ4v) is 1.77. The van der Waals surface area contributed by atoms with Crippen LogP contribution < -0.4 is 5.32 Å². The predicted molar refractivity (Wildman–Crippen MR) is 72.0 cm³/mol. The first kappa shape index (κ1) is 15.6. The molecular formula is C12H15BrN2O4. The summed E-state index contributed by atoms with van der Waals surface area (Å²) in [5, 5.41) is 12.1. The number of pyridine rings is 1. The number of hydrogen-bond acceptors (Lipinski definition) is 6. The molecule has 0 aliphatic carbocycles. The second-order valence-corrected chi connectivity index (χ2v) is 4.66. The number of carbonyl (C=O) groups is 2. The number of carbonyl (C=O) groups excluding carboxylic acids is 2. The van der Waals surface area contributed by atoms with Gasteiger partial charge in [0.1, 0.15) is 0 Å². The van der Waals surface area contributed by atoms with Crippen molar-refractivity contribution in [1.29, 1.82) is 0 Å². The molecule has 0 spiro atoms. The van der Waals surface area contributed by atoms with Gasteiger partial charge in [0.05, 0.1) is 11.6 Å². The molecule has 1 heterocycles. The molecule has 0 aliphatic heterocycles. The molecule has 1 atom stereocenters. The number of halogens is 1. The van der Waals surface area contributed by atoms with Crippen molar-refractivity contribution in [3.63, 3.8) is 0 Å². The summed E-state index contributed by atoms with van der Waals surface area (Å²) < 4.78 is 4.89. The minimum Gasteiger partial charge on any atom is -0.492 e. The van der Waals surface area contributed by atoms with Gasteiger partial charge in [0.25, 0.3) is 0 Å². The highest BCUT2D eigenvalue weighted by molar-refractivity contribution is 9.10. The molecule has 0 aromatic carbocycles. The van der Waals surface area contributed by atoms with Crippen molar-refractivity contribution in [1.82, 2.24) is 10.3 Å². The summed E-state index contributed by atoms with van der Waals surface area (Å²) in [6, 6.07) is 0.344. The van der Waals surface area contributed by atoms with E-state index < -0.39 is 17.8 Å². The number of ketones is 1. The van der Waals surface area contributed by atoms with Gasteiger partial charge in [-0.2, -0.15) is 0 Å². The van der Waals surface area contributed by atoms with Crippen LogP contribution in [0.3, 0.4) is 0 Å². The monoisotopic (exact) mass is 330 g/mol. The van der Waals surface area contributed by atoms with Gasteiger partial charge in [-0.3, -0.25) is 10.1 Å². The molecule has 6 nitrogen and oxygen atoms in total. The molecular weight excluding hydrogens is 316 g/mol. The zero-order chi connectivity index (χ0) is 14.4. The highest BCUT2D eigenvalue weighted by atomic mass is 79.9. The topological polar surface area (TPSA) is 88.5 Å². The average Bonchev–Trinajstić information content (AvgIpc) is 2.41. The first-order valence-electron chi connectivity index (χ1n) is 5.71. The van der Waals surface area contributed by atoms with Crippen molar-refractivity contribution in [3.8, 4) is 5.88 Å². The number of ether oxygens (including phenoxy) is 1. The number of Topliss-reactive ketones (excluding diaryl/α,β-unsaturated/α-hetero) is 1. The second-order valence-electron chi connectivity index (χ2n) is 3.80. The van der Waals surface area contributed by atoms with E-state index in [4.69, 9.17) is 0 Å². The van der Waals surface area contributed by atoms with E-state index in [2.05, 4.69) is 31.0 Å². The second kappa shape index (κ2) is 7.20. The maximum Gasteiger partial charge on any atom is 0.331 e. The maximum absolute atomic E-state index is 12.2. The summed E-state index contributed by atoms with van der Waals surface area (Å²) in [5.74, 6) is -1.32. The lowest BCUT2D eigenvalue weighted by Crippen LogP contribution is -2.44. The Morgan fingerprint density at radius 2 is 2.26 bits per heavy atom. The van der Waals surface area contributed by atoms with Crippen molar-refractivity contribution in [2.45, 2.75) is 19.4 Å². The molecule has 0 aliphatic rings. The molecule has 0 fully saturated rings. The molecule has 0 radical (unpaired) electrons. The first-order chi connectivity index (χ1) is 9.01. The minimum absolute atomic E-state index is 0.212. The number of esters is 1. The van der Waals surface area contributed by atoms with Crippen LogP contribution in [0, 0.1) is 0 Å². The Morgan fingerprint density at radius 1 is 1.58 bits per heavy atom. The molecule has 0 saturated carbocycles. The van der Waals surface area contributed by atoms with E-state index in [1.165, 1.54) is 19.4 Å². The molecule has 2 N–H and O–H groups in total. The van der Waals surface area contributed by atoms with Crippen molar-refractivity contribution >= 4 is 27.7 Å². The Hall–Kier alpha value is -1.47. The highest BCUT2D eigenvalue weighted by Crippen LogP contribution is 2.22. The Balaban J connectivity index is 2.97. The molecule has 104 valence electrons. The van der Waals surface area contributed by atoms with Gasteiger partial charge >= 0.3 is 5.97 Å². The van der Waals surface area contributed by atoms with Gasteiger partial charge in [-0.15, -0.1) is 0 Å². The zero-order valence-electron chi connectivity index (χ0n) is 10.6. The molecule has 1 aromatic rings. The van der Waals surface area contributed by atoms with Crippen molar-refractivity contribution < 1.29 is 19.4 Å². The maximum atomic E-state index is 12.2. The number of nitrogens with zero attached hydrogens (tertiary/aromatic N) is 1. The van der Waals surface area contributed by atoms with Gasteiger partial charge in [0, 0.05) is 11.8 Å². The Morgan fingerprint density at radius 3 is 2.79 bits per heavy atom. The van der Waals surface area contributed by atoms with E-state index in [0.29, 0.717) is 6.54 Å². The third-order valence-corrected chi connectivity index (χ3v) is 2.99. The summed E-state index contributed by atoms with van der Waals surface area (Å²) >= 11 is 3.07. The summed E-state index contributed by atoms with van der Waals surface area (Å²) in [4.78, 5) is 27.5. The minimum atomic E-state index is -1.07. The van der Waals surface area contributed by atoms with Crippen molar-refractivity contribution in [2.24, 2.45) is 0 Å². The number of hydrogen-bond donors (Lipinski definition) is 2. The van der Waals surface area contributed by atoms with E-state index in [9.17, 15) is 14.7 Å². The summed E-state index contributed by atoms with van der Waals surface area (Å²) in [7, 11) is 1.22. The van der Waals surface area contributed by atoms with Crippen LogP contribution in [0.15, 0.2) is 16.7 Å². The van der Waals surface area contributed by atoms with E-state index in [1.807, 2.05) is 6.92 Å². The fraction of sp³-hybridized carbons (Fsp3) is 0.417. The zero-order valence-corrected chi connectivity index (χ0v) is 12.2. The third kappa shape index (κ3) is 4.00. The largest absolute Gasteiger partial charge is 0.492 e. The van der Waals surface area contributed by atoms with Crippen LogP contribution in [0.25, 0.3) is 0 Å². The van der Waals surface area contributed by atoms with Crippen LogP contribution in [0.1, 0.15) is 23.7 Å². The molecule has 0 bridgehead atoms. The molecule has 7 heteroatoms. The van der Waals surface area contributed by atoms with Crippen LogP contribution in [-0.4, -0.2) is 41.5 Å². The van der Waals surface area contributed by atoms with E-state index in [1.54, 1.807) is 0 Å². The van der Waals surface area contributed by atoms with Crippen molar-refractivity contribution in [2.75, 3.05) is 13.7 Å². The molecule has 0 saturated heterocycles. The normalized spacial score (nSPS) is 11.9. The van der Waals surface area contributed by atoms with Gasteiger partial charge in [-0.05, 0) is 35.0 Å². The van der Waals surface area contributed by atoms with Gasteiger partial charge < -0.3 is 9.84 Å². The van der Waals surface area contributed by atoms with Gasteiger partial charge in [-0.1, -0.05) is 6.92 Å². The highest BCUT2D eigenvalue weighted by Gasteiger charge is 2.28. The van der Waals surface area contributed by atoms with E-state index in [0.717, 1.165) is 6.42 Å². The Bertz CT molecular complexity index is 479. The summed E-state index contributed by atoms with van der Waals surface area (Å²) in [5.41, 5.74) is 0.212. The average molecular weight is 331 g/mol. The first-order valence-corrected chi connectivity index (χ1v) is 6.50. The van der Waals surface area contributed by atoms with Crippen LogP contribution in [0.4, 0.5) is 0 Å². The molecule has 1 aromatic heterocycles. The van der Waals surface area contributed by atoms with Gasteiger partial charge in [0.15, 0.2) is 11.8 Å². The summed E-state index contributed by atoms with van der Waals surface area (Å²) in [6.45, 7) is 2.43. The Kier molecular flexibility index (Phi) is 5.91. The molecule has 19 heavy (non-hydrogen) atoms. The predicted octanol–water partition coefficient (Wildman–Crippen LogP) is 1.27. The number of aromatic nitrogens is 1. The fourth-order valence-electron chi connectivity index (χ4n) is 1.42. The van der Waals surface area contributed by atoms with Crippen LogP contribution in [0.5, 0.6) is 5.88 Å². The van der Waals surface area contributed by atoms with Crippen molar-refractivity contribution in [3.05, 3.63) is 22.3 Å². The number of rotatable bonds is 6. The lowest BCUT2D eigenvalue weighted by atomic mass is 10.1.